The van der Waals surface area contributed by atoms with E-state index < -0.39 is 12.3 Å². The van der Waals surface area contributed by atoms with Crippen molar-refractivity contribution in [1.29, 1.82) is 0 Å². The average Bonchev–Trinajstić information content (AvgIpc) is 2.25. The molecule has 1 heterocycles. The first-order chi connectivity index (χ1) is 7.17. The molecule has 0 aliphatic carbocycles. The molecule has 1 atom stereocenters. The summed E-state index contributed by atoms with van der Waals surface area (Å²) in [6.45, 7) is 0. The Labute approximate surface area is 87.6 Å². The van der Waals surface area contributed by atoms with Crippen LogP contribution in [-0.2, 0) is 14.4 Å². The summed E-state index contributed by atoms with van der Waals surface area (Å²) < 4.78 is 5.01. The van der Waals surface area contributed by atoms with Crippen molar-refractivity contribution in [3.05, 3.63) is 23.9 Å². The highest BCUT2D eigenvalue weighted by atomic mass is 16.7. The lowest BCUT2D eigenvalue weighted by Crippen LogP contribution is -2.32. The molecular formula is C9H13N3O3. The lowest BCUT2D eigenvalue weighted by Gasteiger charge is -2.26. The molecule has 6 nitrogen and oxygen atoms in total. The van der Waals surface area contributed by atoms with Crippen molar-refractivity contribution in [3.63, 3.8) is 0 Å². The van der Waals surface area contributed by atoms with E-state index >= 15 is 0 Å². The van der Waals surface area contributed by atoms with Gasteiger partial charge in [0.15, 0.2) is 0 Å². The Morgan fingerprint density at radius 2 is 2.40 bits per heavy atom. The summed E-state index contributed by atoms with van der Waals surface area (Å²) in [4.78, 5) is 19.5. The summed E-state index contributed by atoms with van der Waals surface area (Å²) >= 11 is 0. The number of methoxy groups -OCH3 is 1. The van der Waals surface area contributed by atoms with Crippen LogP contribution in [0.25, 0.3) is 0 Å². The molecule has 6 heteroatoms. The molecule has 0 spiro atoms. The second-order valence-electron chi connectivity index (χ2n) is 2.75. The quantitative estimate of drug-likeness (QED) is 0.653. The highest BCUT2D eigenvalue weighted by Crippen LogP contribution is 2.11. The third kappa shape index (κ3) is 3.19. The van der Waals surface area contributed by atoms with Gasteiger partial charge in [-0.3, -0.25) is 9.63 Å². The van der Waals surface area contributed by atoms with Gasteiger partial charge in [0.1, 0.15) is 0 Å². The Balaban J connectivity index is 2.73. The first kappa shape index (κ1) is 11.4. The minimum atomic E-state index is -0.512. The van der Waals surface area contributed by atoms with Gasteiger partial charge >= 0.3 is 0 Å². The normalized spacial score (nSPS) is 20.8. The van der Waals surface area contributed by atoms with Gasteiger partial charge in [-0.1, -0.05) is 0 Å². The number of carbonyl (C=O) groups is 1. The van der Waals surface area contributed by atoms with Crippen LogP contribution in [0.5, 0.6) is 0 Å². The molecule has 0 aromatic rings. The fourth-order valence-corrected chi connectivity index (χ4v) is 1.03. The molecule has 2 N–H and O–H groups in total. The largest absolute Gasteiger partial charge is 0.366 e. The number of aliphatic imine (C=N–C) groups is 1. The van der Waals surface area contributed by atoms with E-state index in [9.17, 15) is 4.79 Å². The van der Waals surface area contributed by atoms with Crippen molar-refractivity contribution in [3.8, 4) is 0 Å². The van der Waals surface area contributed by atoms with Crippen molar-refractivity contribution in [2.24, 2.45) is 10.7 Å². The maximum Gasteiger partial charge on any atom is 0.250 e. The number of nitrogens with zero attached hydrogens (tertiary/aromatic N) is 2. The lowest BCUT2D eigenvalue weighted by molar-refractivity contribution is -0.193. The van der Waals surface area contributed by atoms with Crippen LogP contribution >= 0.6 is 0 Å². The summed E-state index contributed by atoms with van der Waals surface area (Å²) in [5.74, 6) is -0.512. The van der Waals surface area contributed by atoms with Crippen LogP contribution in [0.4, 0.5) is 0 Å². The topological polar surface area (TPSA) is 77.2 Å². The highest BCUT2D eigenvalue weighted by molar-refractivity contribution is 5.90. The van der Waals surface area contributed by atoms with Gasteiger partial charge in [-0.05, 0) is 6.08 Å². The van der Waals surface area contributed by atoms with Crippen LogP contribution in [0.3, 0.4) is 0 Å². The van der Waals surface area contributed by atoms with Crippen LogP contribution in [0.2, 0.25) is 0 Å². The number of nitrogens with two attached hydrogens (primary N) is 1. The predicted molar refractivity (Wildman–Crippen MR) is 54.6 cm³/mol. The molecule has 0 radical (unpaired) electrons. The maximum absolute atomic E-state index is 10.5. The van der Waals surface area contributed by atoms with E-state index in [-0.39, 0.29) is 0 Å². The Hall–Kier alpha value is -1.66. The molecule has 1 aliphatic rings. The van der Waals surface area contributed by atoms with E-state index in [4.69, 9.17) is 15.3 Å². The van der Waals surface area contributed by atoms with Crippen LogP contribution < -0.4 is 5.73 Å². The van der Waals surface area contributed by atoms with Gasteiger partial charge < -0.3 is 10.5 Å². The van der Waals surface area contributed by atoms with E-state index in [1.807, 2.05) is 0 Å². The monoisotopic (exact) mass is 211 g/mol. The van der Waals surface area contributed by atoms with Gasteiger partial charge in [0.05, 0.1) is 7.11 Å². The molecule has 0 saturated heterocycles. The average molecular weight is 211 g/mol. The molecule has 82 valence electrons. The van der Waals surface area contributed by atoms with E-state index in [0.717, 1.165) is 0 Å². The molecule has 0 saturated carbocycles. The van der Waals surface area contributed by atoms with Crippen molar-refractivity contribution in [2.75, 3.05) is 14.2 Å². The maximum atomic E-state index is 10.5. The fourth-order valence-electron chi connectivity index (χ4n) is 1.03. The van der Waals surface area contributed by atoms with Gasteiger partial charge in [-0.2, -0.15) is 0 Å². The molecule has 0 aromatic carbocycles. The number of carbonyl (C=O) groups excluding carboxylic acids is 1. The van der Waals surface area contributed by atoms with E-state index in [1.54, 1.807) is 18.5 Å². The zero-order valence-corrected chi connectivity index (χ0v) is 8.58. The van der Waals surface area contributed by atoms with Crippen LogP contribution in [0.15, 0.2) is 28.9 Å². The molecule has 1 unspecified atom stereocenters. The second-order valence-corrected chi connectivity index (χ2v) is 2.75. The highest BCUT2D eigenvalue weighted by Gasteiger charge is 2.16. The number of hydrogen-bond acceptors (Lipinski definition) is 5. The van der Waals surface area contributed by atoms with Gasteiger partial charge in [0.2, 0.25) is 12.3 Å². The molecule has 0 aromatic heterocycles. The SMILES string of the molecule is COC1N=CC(C=CC(N)=O)=CN1OC. The molecule has 0 bridgehead atoms. The molecular weight excluding hydrogens is 198 g/mol. The predicted octanol–water partition coefficient (Wildman–Crippen LogP) is -0.210. The third-order valence-corrected chi connectivity index (χ3v) is 1.71. The number of rotatable bonds is 4. The first-order valence-electron chi connectivity index (χ1n) is 4.25. The molecule has 15 heavy (non-hydrogen) atoms. The second kappa shape index (κ2) is 5.28. The number of ether oxygens (including phenoxy) is 1. The Morgan fingerprint density at radius 3 is 2.93 bits per heavy atom. The van der Waals surface area contributed by atoms with Crippen LogP contribution in [0.1, 0.15) is 0 Å². The van der Waals surface area contributed by atoms with Crippen LogP contribution in [0, 0.1) is 0 Å². The Morgan fingerprint density at radius 1 is 1.67 bits per heavy atom. The van der Waals surface area contributed by atoms with Crippen molar-refractivity contribution in [2.45, 2.75) is 6.35 Å². The molecule has 1 amide bonds. The van der Waals surface area contributed by atoms with E-state index in [0.29, 0.717) is 5.57 Å². The lowest BCUT2D eigenvalue weighted by atomic mass is 10.2. The molecule has 0 fully saturated rings. The molecule has 1 rings (SSSR count). The van der Waals surface area contributed by atoms with Crippen molar-refractivity contribution >= 4 is 12.1 Å². The van der Waals surface area contributed by atoms with E-state index in [2.05, 4.69) is 4.99 Å². The zero-order chi connectivity index (χ0) is 11.3. The van der Waals surface area contributed by atoms with Gasteiger partial charge in [-0.15, -0.1) is 0 Å². The fraction of sp³-hybridized carbons (Fsp3) is 0.333. The minimum Gasteiger partial charge on any atom is -0.366 e. The van der Waals surface area contributed by atoms with E-state index in [1.165, 1.54) is 25.4 Å². The first-order valence-corrected chi connectivity index (χ1v) is 4.25. The summed E-state index contributed by atoms with van der Waals surface area (Å²) in [5, 5.41) is 1.42. The van der Waals surface area contributed by atoms with Crippen LogP contribution in [-0.4, -0.2) is 37.8 Å². The van der Waals surface area contributed by atoms with Gasteiger partial charge in [0, 0.05) is 31.2 Å². The number of hydrogen-bond donors (Lipinski definition) is 1. The minimum absolute atomic E-state index is 0.499. The van der Waals surface area contributed by atoms with Gasteiger partial charge in [-0.25, -0.2) is 10.1 Å². The Kier molecular flexibility index (Phi) is 4.02. The number of amides is 1. The number of allylic oxidation sites excluding steroid dienone is 2. The number of primary amides is 1. The summed E-state index contributed by atoms with van der Waals surface area (Å²) in [5.41, 5.74) is 5.66. The number of hydroxylamine groups is 2. The summed E-state index contributed by atoms with van der Waals surface area (Å²) in [7, 11) is 3.02. The third-order valence-electron chi connectivity index (χ3n) is 1.71. The summed E-state index contributed by atoms with van der Waals surface area (Å²) in [6, 6.07) is 0. The zero-order valence-electron chi connectivity index (χ0n) is 8.58. The summed E-state index contributed by atoms with van der Waals surface area (Å²) in [6.07, 6.45) is 5.52. The Bertz CT molecular complexity index is 323. The smallest absolute Gasteiger partial charge is 0.250 e. The molecule has 1 aliphatic heterocycles. The van der Waals surface area contributed by atoms with Crippen molar-refractivity contribution in [1.82, 2.24) is 5.06 Å². The standard InChI is InChI=1S/C9H13N3O3/c1-14-9-11-5-7(3-4-8(10)13)6-12(9)15-2/h3-6,9H,1-2H3,(H2,10,13). The van der Waals surface area contributed by atoms with Crippen molar-refractivity contribution < 1.29 is 14.4 Å². The van der Waals surface area contributed by atoms with Gasteiger partial charge in [0.25, 0.3) is 0 Å².